The van der Waals surface area contributed by atoms with Crippen molar-refractivity contribution in [2.75, 3.05) is 0 Å². The largest absolute Gasteiger partial charge is 0.507 e. The van der Waals surface area contributed by atoms with Crippen molar-refractivity contribution < 1.29 is 9.90 Å². The van der Waals surface area contributed by atoms with E-state index in [0.29, 0.717) is 11.1 Å². The van der Waals surface area contributed by atoms with E-state index in [9.17, 15) is 9.90 Å². The highest BCUT2D eigenvalue weighted by Gasteiger charge is 2.19. The Morgan fingerprint density at radius 1 is 0.281 bits per heavy atom. The number of ketones is 1. The van der Waals surface area contributed by atoms with Gasteiger partial charge in [0, 0.05) is 17.2 Å². The molecule has 0 aromatic heterocycles. The summed E-state index contributed by atoms with van der Waals surface area (Å²) in [6.07, 6.45) is 1.32. The van der Waals surface area contributed by atoms with Crippen LogP contribution in [0, 0.1) is 0 Å². The molecular formula is C55H40O2. The van der Waals surface area contributed by atoms with Crippen LogP contribution in [0.25, 0.3) is 28.1 Å². The lowest BCUT2D eigenvalue weighted by Crippen LogP contribution is -2.00. The predicted octanol–water partition coefficient (Wildman–Crippen LogP) is 13.5. The lowest BCUT2D eigenvalue weighted by Gasteiger charge is -2.18. The van der Waals surface area contributed by atoms with E-state index in [1.54, 1.807) is 0 Å². The fourth-order valence-corrected chi connectivity index (χ4v) is 7.38. The Hall–Kier alpha value is -7.55. The summed E-state index contributed by atoms with van der Waals surface area (Å²) in [4.78, 5) is 13.8. The maximum absolute atomic E-state index is 13.8. The van der Waals surface area contributed by atoms with E-state index in [1.807, 2.05) is 127 Å². The Morgan fingerprint density at radius 2 is 0.526 bits per heavy atom. The van der Waals surface area contributed by atoms with Crippen LogP contribution in [-0.4, -0.2) is 10.9 Å². The molecule has 0 aliphatic carbocycles. The van der Waals surface area contributed by atoms with Gasteiger partial charge < -0.3 is 5.11 Å². The van der Waals surface area contributed by atoms with Crippen LogP contribution >= 0.6 is 0 Å². The summed E-state index contributed by atoms with van der Waals surface area (Å²) in [7, 11) is 0. The number of aliphatic hydroxyl groups excluding tert-OH is 1. The maximum atomic E-state index is 13.8. The predicted molar refractivity (Wildman–Crippen MR) is 237 cm³/mol. The quantitative estimate of drug-likeness (QED) is 0.0622. The van der Waals surface area contributed by atoms with Crippen LogP contribution in [0.4, 0.5) is 0 Å². The van der Waals surface area contributed by atoms with Gasteiger partial charge in [-0.2, -0.15) is 0 Å². The molecule has 8 aromatic carbocycles. The molecule has 0 saturated carbocycles. The minimum Gasteiger partial charge on any atom is -0.507 e. The number of aliphatic hydroxyl groups is 1. The molecule has 0 atom stereocenters. The molecule has 0 radical (unpaired) electrons. The molecule has 2 nitrogen and oxygen atoms in total. The first-order valence-electron chi connectivity index (χ1n) is 19.1. The molecule has 0 heterocycles. The third-order valence-electron chi connectivity index (χ3n) is 10.0. The van der Waals surface area contributed by atoms with Crippen LogP contribution in [0.2, 0.25) is 0 Å². The number of allylic oxidation sites excluding steroid dienone is 1. The number of hydrogen-bond acceptors (Lipinski definition) is 2. The topological polar surface area (TPSA) is 37.3 Å². The van der Waals surface area contributed by atoms with E-state index in [2.05, 4.69) is 103 Å². The second-order valence-electron chi connectivity index (χ2n) is 13.7. The SMILES string of the molecule is O=C(/C=C(\O)c1cccc(C(=C(c2ccccc2)c2ccccc2)c2ccccc2)c1)c1ccc(C(=C(c2ccccc2)c2ccccc2)c2ccccc2)cc1. The van der Waals surface area contributed by atoms with Gasteiger partial charge in [-0.3, -0.25) is 4.79 Å². The van der Waals surface area contributed by atoms with E-state index >= 15 is 0 Å². The maximum Gasteiger partial charge on any atom is 0.189 e. The standard InChI is InChI=1S/C55H40O2/c56-50(40-34-36-47(37-35-40)54(45-28-15-5-16-29-45)52(41-20-7-1-8-21-41)42-22-9-2-10-23-42)39-51(57)48-32-19-33-49(38-48)55(46-30-17-6-18-31-46)53(43-24-11-3-12-25-43)44-26-13-4-14-27-44/h1-39,57H/b51-39-. The molecule has 1 N–H and O–H groups in total. The third-order valence-corrected chi connectivity index (χ3v) is 10.0. The molecule has 0 spiro atoms. The Bertz CT molecular complexity index is 2590. The average molecular weight is 733 g/mol. The van der Waals surface area contributed by atoms with E-state index < -0.39 is 0 Å². The second kappa shape index (κ2) is 17.3. The van der Waals surface area contributed by atoms with Crippen LogP contribution < -0.4 is 0 Å². The van der Waals surface area contributed by atoms with E-state index in [-0.39, 0.29) is 11.5 Å². The zero-order valence-electron chi connectivity index (χ0n) is 31.4. The molecule has 0 saturated heterocycles. The molecule has 8 rings (SSSR count). The lowest BCUT2D eigenvalue weighted by atomic mass is 9.85. The first-order valence-corrected chi connectivity index (χ1v) is 19.1. The second-order valence-corrected chi connectivity index (χ2v) is 13.7. The van der Waals surface area contributed by atoms with Crippen LogP contribution in [0.1, 0.15) is 60.4 Å². The van der Waals surface area contributed by atoms with E-state index in [0.717, 1.165) is 66.8 Å². The van der Waals surface area contributed by atoms with Crippen molar-refractivity contribution in [3.05, 3.63) is 292 Å². The van der Waals surface area contributed by atoms with Crippen molar-refractivity contribution in [1.82, 2.24) is 0 Å². The normalized spacial score (nSPS) is 11.1. The number of carbonyl (C=O) groups excluding carboxylic acids is 1. The van der Waals surface area contributed by atoms with Gasteiger partial charge in [-0.25, -0.2) is 0 Å². The van der Waals surface area contributed by atoms with Gasteiger partial charge in [-0.15, -0.1) is 0 Å². The van der Waals surface area contributed by atoms with Gasteiger partial charge in [0.2, 0.25) is 0 Å². The number of benzene rings is 8. The van der Waals surface area contributed by atoms with Crippen LogP contribution in [-0.2, 0) is 0 Å². The van der Waals surface area contributed by atoms with Gasteiger partial charge in [-0.05, 0) is 72.9 Å². The van der Waals surface area contributed by atoms with Gasteiger partial charge in [0.05, 0.1) is 0 Å². The van der Waals surface area contributed by atoms with Crippen molar-refractivity contribution in [3.8, 4) is 0 Å². The molecule has 272 valence electrons. The molecule has 0 aliphatic heterocycles. The highest BCUT2D eigenvalue weighted by atomic mass is 16.3. The van der Waals surface area contributed by atoms with Gasteiger partial charge in [0.25, 0.3) is 0 Å². The van der Waals surface area contributed by atoms with Crippen molar-refractivity contribution >= 4 is 33.8 Å². The molecule has 0 aliphatic rings. The van der Waals surface area contributed by atoms with Gasteiger partial charge >= 0.3 is 0 Å². The summed E-state index contributed by atoms with van der Waals surface area (Å²) < 4.78 is 0. The van der Waals surface area contributed by atoms with Crippen molar-refractivity contribution in [2.45, 2.75) is 0 Å². The number of rotatable bonds is 11. The van der Waals surface area contributed by atoms with Crippen molar-refractivity contribution in [2.24, 2.45) is 0 Å². The highest BCUT2D eigenvalue weighted by Crippen LogP contribution is 2.39. The Balaban J connectivity index is 1.18. The fraction of sp³-hybridized carbons (Fsp3) is 0. The molecule has 0 unspecified atom stereocenters. The van der Waals surface area contributed by atoms with E-state index in [4.69, 9.17) is 0 Å². The van der Waals surface area contributed by atoms with E-state index in [1.165, 1.54) is 6.08 Å². The summed E-state index contributed by atoms with van der Waals surface area (Å²) in [5.41, 5.74) is 13.7. The minimum absolute atomic E-state index is 0.0976. The van der Waals surface area contributed by atoms with Crippen LogP contribution in [0.15, 0.2) is 237 Å². The molecule has 8 aromatic rings. The molecule has 2 heteroatoms. The highest BCUT2D eigenvalue weighted by molar-refractivity contribution is 6.09. The van der Waals surface area contributed by atoms with Gasteiger partial charge in [0.1, 0.15) is 5.76 Å². The molecule has 0 bridgehead atoms. The molecule has 57 heavy (non-hydrogen) atoms. The Morgan fingerprint density at radius 3 is 0.860 bits per heavy atom. The zero-order valence-corrected chi connectivity index (χ0v) is 31.4. The first kappa shape index (κ1) is 36.4. The summed E-state index contributed by atoms with van der Waals surface area (Å²) in [5.74, 6) is -0.381. The average Bonchev–Trinajstić information content (AvgIpc) is 3.29. The fourth-order valence-electron chi connectivity index (χ4n) is 7.38. The summed E-state index contributed by atoms with van der Waals surface area (Å²) in [5, 5.41) is 11.5. The molecular weight excluding hydrogens is 693 g/mol. The third kappa shape index (κ3) is 8.27. The number of hydrogen-bond donors (Lipinski definition) is 1. The summed E-state index contributed by atoms with van der Waals surface area (Å²) >= 11 is 0. The lowest BCUT2D eigenvalue weighted by molar-refractivity contribution is 0.104. The molecule has 0 fully saturated rings. The smallest absolute Gasteiger partial charge is 0.189 e. The Kier molecular flexibility index (Phi) is 11.0. The monoisotopic (exact) mass is 732 g/mol. The minimum atomic E-state index is -0.283. The molecule has 0 amide bonds. The summed E-state index contributed by atoms with van der Waals surface area (Å²) in [6.45, 7) is 0. The Labute approximate surface area is 334 Å². The van der Waals surface area contributed by atoms with Crippen molar-refractivity contribution in [3.63, 3.8) is 0 Å². The van der Waals surface area contributed by atoms with Crippen molar-refractivity contribution in [1.29, 1.82) is 0 Å². The van der Waals surface area contributed by atoms with Crippen LogP contribution in [0.5, 0.6) is 0 Å². The number of carbonyl (C=O) groups is 1. The summed E-state index contributed by atoms with van der Waals surface area (Å²) in [6, 6.07) is 77.7. The van der Waals surface area contributed by atoms with Gasteiger partial charge in [-0.1, -0.05) is 224 Å². The van der Waals surface area contributed by atoms with Crippen LogP contribution in [0.3, 0.4) is 0 Å². The first-order chi connectivity index (χ1) is 28.1. The zero-order chi connectivity index (χ0) is 38.8. The van der Waals surface area contributed by atoms with Gasteiger partial charge in [0.15, 0.2) is 5.78 Å².